The third kappa shape index (κ3) is 2.84. The van der Waals surface area contributed by atoms with Gasteiger partial charge in [-0.05, 0) is 19.1 Å². The summed E-state index contributed by atoms with van der Waals surface area (Å²) >= 11 is 0. The molecule has 7 heteroatoms. The van der Waals surface area contributed by atoms with Crippen molar-refractivity contribution in [2.24, 2.45) is 0 Å². The second-order valence-corrected chi connectivity index (χ2v) is 4.42. The first-order valence-electron chi connectivity index (χ1n) is 6.64. The fraction of sp³-hybridized carbons (Fsp3) is 0.133. The van der Waals surface area contributed by atoms with Crippen molar-refractivity contribution in [3.05, 3.63) is 54.4 Å². The Bertz CT molecular complexity index is 792. The average molecular weight is 302 g/mol. The van der Waals surface area contributed by atoms with Crippen molar-refractivity contribution in [3.63, 3.8) is 0 Å². The SMILES string of the molecule is CCON(c1cc(F)cc(F)c1)c1ncc2ncccc2n1. The Morgan fingerprint density at radius 2 is 1.86 bits per heavy atom. The molecule has 1 aromatic carbocycles. The van der Waals surface area contributed by atoms with Crippen LogP contribution in [0.2, 0.25) is 0 Å². The summed E-state index contributed by atoms with van der Waals surface area (Å²) in [6.45, 7) is 2.04. The second-order valence-electron chi connectivity index (χ2n) is 4.42. The molecule has 0 saturated carbocycles. The highest BCUT2D eigenvalue weighted by Crippen LogP contribution is 2.25. The zero-order valence-electron chi connectivity index (χ0n) is 11.7. The van der Waals surface area contributed by atoms with E-state index >= 15 is 0 Å². The summed E-state index contributed by atoms with van der Waals surface area (Å²) in [5.74, 6) is -1.24. The third-order valence-electron chi connectivity index (χ3n) is 2.86. The molecule has 3 aromatic rings. The van der Waals surface area contributed by atoms with Gasteiger partial charge in [0.1, 0.15) is 17.2 Å². The monoisotopic (exact) mass is 302 g/mol. The van der Waals surface area contributed by atoms with Gasteiger partial charge < -0.3 is 0 Å². The van der Waals surface area contributed by atoms with E-state index in [0.29, 0.717) is 11.0 Å². The molecule has 2 aromatic heterocycles. The van der Waals surface area contributed by atoms with Crippen LogP contribution < -0.4 is 5.06 Å². The van der Waals surface area contributed by atoms with Crippen LogP contribution in [0.15, 0.2) is 42.7 Å². The Hall–Kier alpha value is -2.67. The van der Waals surface area contributed by atoms with Crippen molar-refractivity contribution in [2.75, 3.05) is 11.7 Å². The first-order chi connectivity index (χ1) is 10.7. The number of pyridine rings is 1. The minimum absolute atomic E-state index is 0.169. The summed E-state index contributed by atoms with van der Waals surface area (Å²) < 4.78 is 26.8. The van der Waals surface area contributed by atoms with E-state index in [1.807, 2.05) is 0 Å². The maximum atomic E-state index is 13.4. The van der Waals surface area contributed by atoms with Gasteiger partial charge in [-0.15, -0.1) is 0 Å². The van der Waals surface area contributed by atoms with E-state index < -0.39 is 11.6 Å². The zero-order valence-corrected chi connectivity index (χ0v) is 11.7. The second kappa shape index (κ2) is 5.98. The van der Waals surface area contributed by atoms with Gasteiger partial charge in [-0.3, -0.25) is 9.82 Å². The van der Waals surface area contributed by atoms with Gasteiger partial charge in [0.25, 0.3) is 5.95 Å². The average Bonchev–Trinajstić information content (AvgIpc) is 2.51. The van der Waals surface area contributed by atoms with Crippen molar-refractivity contribution in [1.29, 1.82) is 0 Å². The van der Waals surface area contributed by atoms with Gasteiger partial charge >= 0.3 is 0 Å². The molecule has 0 aliphatic rings. The van der Waals surface area contributed by atoms with E-state index in [0.717, 1.165) is 18.2 Å². The molecular formula is C15H12F2N4O. The van der Waals surface area contributed by atoms with E-state index in [9.17, 15) is 8.78 Å². The lowest BCUT2D eigenvalue weighted by Gasteiger charge is -2.21. The van der Waals surface area contributed by atoms with Crippen LogP contribution in [-0.4, -0.2) is 21.6 Å². The molecule has 22 heavy (non-hydrogen) atoms. The van der Waals surface area contributed by atoms with Crippen LogP contribution in [0, 0.1) is 11.6 Å². The quantitative estimate of drug-likeness (QED) is 0.691. The summed E-state index contributed by atoms with van der Waals surface area (Å²) in [6, 6.07) is 6.60. The number of rotatable bonds is 4. The lowest BCUT2D eigenvalue weighted by atomic mass is 10.3. The highest BCUT2D eigenvalue weighted by atomic mass is 19.1. The fourth-order valence-electron chi connectivity index (χ4n) is 1.99. The number of aromatic nitrogens is 3. The van der Waals surface area contributed by atoms with Crippen LogP contribution in [0.3, 0.4) is 0 Å². The number of hydrogen-bond donors (Lipinski definition) is 0. The molecule has 0 bridgehead atoms. The number of halogens is 2. The van der Waals surface area contributed by atoms with E-state index in [1.165, 1.54) is 11.3 Å². The molecule has 5 nitrogen and oxygen atoms in total. The largest absolute Gasteiger partial charge is 0.266 e. The lowest BCUT2D eigenvalue weighted by molar-refractivity contribution is 0.145. The molecule has 0 spiro atoms. The maximum absolute atomic E-state index is 13.4. The molecule has 0 aliphatic carbocycles. The predicted molar refractivity (Wildman–Crippen MR) is 77.5 cm³/mol. The minimum Gasteiger partial charge on any atom is -0.266 e. The highest BCUT2D eigenvalue weighted by molar-refractivity contribution is 5.74. The Labute approximate surface area is 125 Å². The van der Waals surface area contributed by atoms with Crippen LogP contribution in [0.4, 0.5) is 20.4 Å². The number of nitrogens with zero attached hydrogens (tertiary/aromatic N) is 4. The normalized spacial score (nSPS) is 10.9. The molecular weight excluding hydrogens is 290 g/mol. The summed E-state index contributed by atoms with van der Waals surface area (Å²) in [5, 5.41) is 1.19. The molecule has 0 aliphatic heterocycles. The first-order valence-corrected chi connectivity index (χ1v) is 6.64. The van der Waals surface area contributed by atoms with Gasteiger partial charge in [0.05, 0.1) is 24.0 Å². The van der Waals surface area contributed by atoms with Gasteiger partial charge in [0, 0.05) is 24.4 Å². The molecule has 0 unspecified atom stereocenters. The van der Waals surface area contributed by atoms with Gasteiger partial charge in [-0.25, -0.2) is 18.7 Å². The Kier molecular flexibility index (Phi) is 3.88. The summed E-state index contributed by atoms with van der Waals surface area (Å²) in [6.07, 6.45) is 3.16. The molecule has 0 saturated heterocycles. The van der Waals surface area contributed by atoms with Gasteiger partial charge in [0.15, 0.2) is 0 Å². The van der Waals surface area contributed by atoms with Crippen LogP contribution in [0.1, 0.15) is 6.92 Å². The van der Waals surface area contributed by atoms with Gasteiger partial charge in [-0.2, -0.15) is 5.06 Å². The van der Waals surface area contributed by atoms with E-state index in [1.54, 1.807) is 25.3 Å². The number of benzene rings is 1. The molecule has 112 valence electrons. The molecule has 0 fully saturated rings. The Balaban J connectivity index is 2.08. The standard InChI is InChI=1S/C15H12F2N4O/c1-2-22-21(12-7-10(16)6-11(17)8-12)15-19-9-14-13(20-15)4-3-5-18-14/h3-9H,2H2,1H3. The smallest absolute Gasteiger partial charge is 0.255 e. The lowest BCUT2D eigenvalue weighted by Crippen LogP contribution is -2.20. The molecule has 0 atom stereocenters. The summed E-state index contributed by atoms with van der Waals surface area (Å²) in [7, 11) is 0. The summed E-state index contributed by atoms with van der Waals surface area (Å²) in [4.78, 5) is 18.0. The number of anilines is 2. The van der Waals surface area contributed by atoms with Crippen molar-refractivity contribution < 1.29 is 13.6 Å². The van der Waals surface area contributed by atoms with E-state index in [-0.39, 0.29) is 18.2 Å². The van der Waals surface area contributed by atoms with Crippen LogP contribution in [-0.2, 0) is 4.84 Å². The van der Waals surface area contributed by atoms with Crippen molar-refractivity contribution in [1.82, 2.24) is 15.0 Å². The molecule has 2 heterocycles. The maximum Gasteiger partial charge on any atom is 0.255 e. The minimum atomic E-state index is -0.706. The van der Waals surface area contributed by atoms with Crippen LogP contribution in [0.5, 0.6) is 0 Å². The Morgan fingerprint density at radius 1 is 1.09 bits per heavy atom. The molecule has 0 N–H and O–H groups in total. The van der Waals surface area contributed by atoms with Crippen molar-refractivity contribution >= 4 is 22.7 Å². The van der Waals surface area contributed by atoms with Crippen LogP contribution >= 0.6 is 0 Å². The summed E-state index contributed by atoms with van der Waals surface area (Å²) in [5.41, 5.74) is 1.39. The van der Waals surface area contributed by atoms with Gasteiger partial charge in [0.2, 0.25) is 0 Å². The van der Waals surface area contributed by atoms with Crippen molar-refractivity contribution in [2.45, 2.75) is 6.92 Å². The Morgan fingerprint density at radius 3 is 2.59 bits per heavy atom. The highest BCUT2D eigenvalue weighted by Gasteiger charge is 2.16. The number of fused-ring (bicyclic) bond motifs is 1. The predicted octanol–water partition coefficient (Wildman–Crippen LogP) is 3.39. The van der Waals surface area contributed by atoms with Gasteiger partial charge in [-0.1, -0.05) is 0 Å². The molecule has 3 rings (SSSR count). The number of hydrogen-bond acceptors (Lipinski definition) is 5. The first kappa shape index (κ1) is 14.3. The zero-order chi connectivity index (χ0) is 15.5. The van der Waals surface area contributed by atoms with E-state index in [2.05, 4.69) is 15.0 Å². The molecule has 0 amide bonds. The third-order valence-corrected chi connectivity index (χ3v) is 2.86. The van der Waals surface area contributed by atoms with Crippen LogP contribution in [0.25, 0.3) is 11.0 Å². The molecule has 0 radical (unpaired) electrons. The topological polar surface area (TPSA) is 51.1 Å². The fourth-order valence-corrected chi connectivity index (χ4v) is 1.99. The van der Waals surface area contributed by atoms with Crippen molar-refractivity contribution in [3.8, 4) is 0 Å². The van der Waals surface area contributed by atoms with E-state index in [4.69, 9.17) is 4.84 Å².